The Labute approximate surface area is 111 Å². The molecule has 0 aliphatic heterocycles. The van der Waals surface area contributed by atoms with Crippen LogP contribution < -0.4 is 5.32 Å². The second kappa shape index (κ2) is 6.04. The van der Waals surface area contributed by atoms with Crippen molar-refractivity contribution in [2.75, 3.05) is 6.61 Å². The normalized spacial score (nSPS) is 33.3. The topological polar surface area (TPSA) is 45.0 Å². The number of nitrogens with one attached hydrogen (secondary N) is 1. The van der Waals surface area contributed by atoms with Crippen LogP contribution in [0.1, 0.15) is 58.8 Å². The summed E-state index contributed by atoms with van der Waals surface area (Å²) in [5, 5.41) is 13.2. The number of hydrogen-bond acceptors (Lipinski definition) is 3. The van der Waals surface area contributed by atoms with Crippen molar-refractivity contribution < 1.29 is 4.74 Å². The number of nitrogens with zero attached hydrogens (tertiary/aromatic N) is 1. The van der Waals surface area contributed by atoms with Gasteiger partial charge in [0.15, 0.2) is 0 Å². The first-order valence-electron chi connectivity index (χ1n) is 7.50. The van der Waals surface area contributed by atoms with Crippen LogP contribution in [-0.2, 0) is 4.74 Å². The van der Waals surface area contributed by atoms with Crippen LogP contribution in [-0.4, -0.2) is 24.3 Å². The van der Waals surface area contributed by atoms with Crippen molar-refractivity contribution in [2.45, 2.75) is 76.5 Å². The standard InChI is InChI=1S/C15H26N2O/c1-3-12(2)18-10-8-13-5-4-9-15(13,11-16)17-14-6-7-14/h12-14,17H,3-10H2,1-2H3. The fourth-order valence-electron chi connectivity index (χ4n) is 2.96. The average molecular weight is 250 g/mol. The molecule has 2 rings (SSSR count). The van der Waals surface area contributed by atoms with Gasteiger partial charge >= 0.3 is 0 Å². The molecule has 0 aromatic carbocycles. The molecule has 18 heavy (non-hydrogen) atoms. The van der Waals surface area contributed by atoms with Crippen LogP contribution in [0, 0.1) is 17.2 Å². The van der Waals surface area contributed by atoms with Crippen LogP contribution in [0.15, 0.2) is 0 Å². The molecule has 3 heteroatoms. The van der Waals surface area contributed by atoms with Gasteiger partial charge in [0.05, 0.1) is 12.2 Å². The average Bonchev–Trinajstić information content (AvgIpc) is 3.10. The maximum atomic E-state index is 9.56. The zero-order valence-corrected chi connectivity index (χ0v) is 11.7. The van der Waals surface area contributed by atoms with E-state index in [4.69, 9.17) is 4.74 Å². The van der Waals surface area contributed by atoms with Gasteiger partial charge in [0.1, 0.15) is 5.54 Å². The zero-order chi connectivity index (χ0) is 13.0. The molecule has 3 nitrogen and oxygen atoms in total. The van der Waals surface area contributed by atoms with Gasteiger partial charge in [-0.1, -0.05) is 13.3 Å². The third-order valence-corrected chi connectivity index (χ3v) is 4.50. The van der Waals surface area contributed by atoms with Crippen LogP contribution in [0.4, 0.5) is 0 Å². The van der Waals surface area contributed by atoms with Crippen molar-refractivity contribution in [3.05, 3.63) is 0 Å². The minimum absolute atomic E-state index is 0.250. The van der Waals surface area contributed by atoms with E-state index >= 15 is 0 Å². The number of ether oxygens (including phenoxy) is 1. The summed E-state index contributed by atoms with van der Waals surface area (Å²) in [6.07, 6.45) is 8.32. The molecule has 0 saturated heterocycles. The highest BCUT2D eigenvalue weighted by atomic mass is 16.5. The Morgan fingerprint density at radius 2 is 2.22 bits per heavy atom. The smallest absolute Gasteiger partial charge is 0.109 e. The minimum atomic E-state index is -0.250. The highest BCUT2D eigenvalue weighted by Gasteiger charge is 2.45. The molecule has 0 amide bonds. The Hall–Kier alpha value is -0.590. The van der Waals surface area contributed by atoms with Crippen LogP contribution in [0.2, 0.25) is 0 Å². The van der Waals surface area contributed by atoms with E-state index < -0.39 is 0 Å². The summed E-state index contributed by atoms with van der Waals surface area (Å²) in [6, 6.07) is 3.20. The summed E-state index contributed by atoms with van der Waals surface area (Å²) in [7, 11) is 0. The van der Waals surface area contributed by atoms with E-state index in [0.717, 1.165) is 25.9 Å². The van der Waals surface area contributed by atoms with Crippen molar-refractivity contribution in [2.24, 2.45) is 5.92 Å². The van der Waals surface area contributed by atoms with Gasteiger partial charge in [-0.05, 0) is 51.4 Å². The van der Waals surface area contributed by atoms with Crippen LogP contribution in [0.5, 0.6) is 0 Å². The Morgan fingerprint density at radius 3 is 2.83 bits per heavy atom. The maximum Gasteiger partial charge on any atom is 0.109 e. The van der Waals surface area contributed by atoms with Crippen molar-refractivity contribution in [3.63, 3.8) is 0 Å². The van der Waals surface area contributed by atoms with Crippen LogP contribution in [0.25, 0.3) is 0 Å². The molecule has 2 saturated carbocycles. The van der Waals surface area contributed by atoms with E-state index in [1.54, 1.807) is 0 Å². The SMILES string of the molecule is CCC(C)OCCC1CCCC1(C#N)NC1CC1. The first kappa shape index (κ1) is 13.8. The molecule has 0 radical (unpaired) electrons. The molecule has 2 fully saturated rings. The first-order chi connectivity index (χ1) is 8.70. The Bertz CT molecular complexity index is 308. The lowest BCUT2D eigenvalue weighted by atomic mass is 9.86. The summed E-state index contributed by atoms with van der Waals surface area (Å²) >= 11 is 0. The van der Waals surface area contributed by atoms with Gasteiger partial charge in [-0.15, -0.1) is 0 Å². The second-order valence-corrected chi connectivity index (χ2v) is 5.97. The van der Waals surface area contributed by atoms with Crippen LogP contribution >= 0.6 is 0 Å². The molecule has 102 valence electrons. The van der Waals surface area contributed by atoms with Crippen molar-refractivity contribution >= 4 is 0 Å². The fourth-order valence-corrected chi connectivity index (χ4v) is 2.96. The lowest BCUT2D eigenvalue weighted by Gasteiger charge is -2.30. The van der Waals surface area contributed by atoms with E-state index in [1.165, 1.54) is 25.7 Å². The number of rotatable bonds is 7. The molecule has 2 aliphatic rings. The molecular weight excluding hydrogens is 224 g/mol. The predicted octanol–water partition coefficient (Wildman–Crippen LogP) is 3.01. The van der Waals surface area contributed by atoms with Crippen molar-refractivity contribution in [3.8, 4) is 6.07 Å². The van der Waals surface area contributed by atoms with Gasteiger partial charge in [-0.2, -0.15) is 5.26 Å². The molecule has 0 aromatic heterocycles. The van der Waals surface area contributed by atoms with E-state index in [1.807, 2.05) is 0 Å². The largest absolute Gasteiger partial charge is 0.379 e. The van der Waals surface area contributed by atoms with Gasteiger partial charge in [-0.25, -0.2) is 0 Å². The van der Waals surface area contributed by atoms with Crippen molar-refractivity contribution in [1.29, 1.82) is 5.26 Å². The molecule has 0 spiro atoms. The van der Waals surface area contributed by atoms with E-state index in [9.17, 15) is 5.26 Å². The van der Waals surface area contributed by atoms with Gasteiger partial charge in [0.25, 0.3) is 0 Å². The summed E-state index contributed by atoms with van der Waals surface area (Å²) in [6.45, 7) is 5.07. The quantitative estimate of drug-likeness (QED) is 0.755. The van der Waals surface area contributed by atoms with Gasteiger partial charge in [-0.3, -0.25) is 5.32 Å². The molecular formula is C15H26N2O. The minimum Gasteiger partial charge on any atom is -0.379 e. The monoisotopic (exact) mass is 250 g/mol. The van der Waals surface area contributed by atoms with Crippen LogP contribution in [0.3, 0.4) is 0 Å². The molecule has 2 aliphatic carbocycles. The zero-order valence-electron chi connectivity index (χ0n) is 11.7. The Kier molecular flexibility index (Phi) is 4.64. The van der Waals surface area contributed by atoms with Crippen molar-refractivity contribution in [1.82, 2.24) is 5.32 Å². The summed E-state index contributed by atoms with van der Waals surface area (Å²) in [4.78, 5) is 0. The molecule has 3 unspecified atom stereocenters. The lowest BCUT2D eigenvalue weighted by molar-refractivity contribution is 0.0497. The van der Waals surface area contributed by atoms with E-state index in [-0.39, 0.29) is 5.54 Å². The van der Waals surface area contributed by atoms with E-state index in [0.29, 0.717) is 18.1 Å². The molecule has 1 N–H and O–H groups in total. The van der Waals surface area contributed by atoms with Gasteiger partial charge < -0.3 is 4.74 Å². The van der Waals surface area contributed by atoms with Gasteiger partial charge in [0, 0.05) is 12.6 Å². The lowest BCUT2D eigenvalue weighted by Crippen LogP contribution is -2.48. The van der Waals surface area contributed by atoms with E-state index in [2.05, 4.69) is 25.2 Å². The fraction of sp³-hybridized carbons (Fsp3) is 0.933. The summed E-state index contributed by atoms with van der Waals surface area (Å²) < 4.78 is 5.77. The highest BCUT2D eigenvalue weighted by molar-refractivity contribution is 5.16. The van der Waals surface area contributed by atoms with Gasteiger partial charge in [0.2, 0.25) is 0 Å². The number of nitriles is 1. The number of hydrogen-bond donors (Lipinski definition) is 1. The maximum absolute atomic E-state index is 9.56. The molecule has 0 aromatic rings. The third-order valence-electron chi connectivity index (χ3n) is 4.50. The predicted molar refractivity (Wildman–Crippen MR) is 72.2 cm³/mol. The third kappa shape index (κ3) is 3.24. The molecule has 3 atom stereocenters. The highest BCUT2D eigenvalue weighted by Crippen LogP contribution is 2.40. The Morgan fingerprint density at radius 1 is 1.44 bits per heavy atom. The first-order valence-corrected chi connectivity index (χ1v) is 7.50. The second-order valence-electron chi connectivity index (χ2n) is 5.97. The Balaban J connectivity index is 1.83. The summed E-state index contributed by atoms with van der Waals surface area (Å²) in [5.41, 5.74) is -0.250. The molecule has 0 heterocycles. The molecule has 0 bridgehead atoms. The summed E-state index contributed by atoms with van der Waals surface area (Å²) in [5.74, 6) is 0.479.